The van der Waals surface area contributed by atoms with Crippen LogP contribution in [-0.4, -0.2) is 66.4 Å². The Morgan fingerprint density at radius 3 is 2.36 bits per heavy atom. The van der Waals surface area contributed by atoms with Crippen LogP contribution in [0.25, 0.3) is 0 Å². The first kappa shape index (κ1) is 19.1. The van der Waals surface area contributed by atoms with E-state index in [1.54, 1.807) is 0 Å². The Morgan fingerprint density at radius 1 is 1.11 bits per heavy atom. The first-order valence-corrected chi connectivity index (χ1v) is 10.5. The molecule has 4 aliphatic rings. The second kappa shape index (κ2) is 8.43. The van der Waals surface area contributed by atoms with Crippen LogP contribution in [0.15, 0.2) is 30.3 Å². The Balaban J connectivity index is 1.49. The fourth-order valence-corrected chi connectivity index (χ4v) is 4.75. The lowest BCUT2D eigenvalue weighted by molar-refractivity contribution is -0.536. The molecule has 6 heteroatoms. The molecule has 0 aliphatic carbocycles. The summed E-state index contributed by atoms with van der Waals surface area (Å²) in [5, 5.41) is 0. The highest BCUT2D eigenvalue weighted by Gasteiger charge is 2.38. The minimum atomic E-state index is -0.415. The van der Waals surface area contributed by atoms with Crippen LogP contribution in [-0.2, 0) is 14.3 Å². The van der Waals surface area contributed by atoms with E-state index in [2.05, 4.69) is 9.48 Å². The van der Waals surface area contributed by atoms with E-state index in [0.29, 0.717) is 5.92 Å². The summed E-state index contributed by atoms with van der Waals surface area (Å²) in [7, 11) is 0. The quantitative estimate of drug-likeness (QED) is 0.615. The van der Waals surface area contributed by atoms with E-state index in [-0.39, 0.29) is 23.9 Å². The second-order valence-corrected chi connectivity index (χ2v) is 8.36. The number of hydrogen-bond acceptors (Lipinski definition) is 4. The summed E-state index contributed by atoms with van der Waals surface area (Å²) in [6.07, 6.45) is 5.73. The smallest absolute Gasteiger partial charge is 0.323 e. The van der Waals surface area contributed by atoms with Gasteiger partial charge in [0.05, 0.1) is 0 Å². The molecular formula is C22H30N3O3+. The zero-order valence-electron chi connectivity index (χ0n) is 16.3. The number of benzene rings is 1. The molecule has 1 aromatic rings. The Labute approximate surface area is 166 Å². The predicted molar refractivity (Wildman–Crippen MR) is 106 cm³/mol. The van der Waals surface area contributed by atoms with Gasteiger partial charge in [-0.1, -0.05) is 30.3 Å². The van der Waals surface area contributed by atoms with E-state index in [0.717, 1.165) is 64.0 Å². The average molecular weight is 385 g/mol. The van der Waals surface area contributed by atoms with E-state index >= 15 is 0 Å². The van der Waals surface area contributed by atoms with Gasteiger partial charge in [0.15, 0.2) is 12.1 Å². The molecule has 2 atom stereocenters. The molecule has 2 bridgehead atoms. The number of carbonyl (C=O) groups excluding carboxylic acids is 2. The van der Waals surface area contributed by atoms with Crippen molar-refractivity contribution in [1.82, 2.24) is 4.90 Å². The third-order valence-corrected chi connectivity index (χ3v) is 6.57. The topological polar surface area (TPSA) is 75.6 Å². The molecule has 0 radical (unpaired) electrons. The molecule has 4 heterocycles. The van der Waals surface area contributed by atoms with Crippen molar-refractivity contribution in [2.75, 3.05) is 32.7 Å². The van der Waals surface area contributed by atoms with E-state index in [1.165, 1.54) is 0 Å². The fraction of sp³-hybridized carbons (Fsp3) is 0.591. The summed E-state index contributed by atoms with van der Waals surface area (Å²) in [5.74, 6) is -0.361. The number of carbonyl (C=O) groups is 2. The maximum Gasteiger partial charge on any atom is 0.323 e. The number of ether oxygens (including phenoxy) is 1. The van der Waals surface area contributed by atoms with Crippen molar-refractivity contribution in [2.45, 2.75) is 37.7 Å². The molecular weight excluding hydrogens is 354 g/mol. The molecule has 6 nitrogen and oxygen atoms in total. The number of amides is 1. The van der Waals surface area contributed by atoms with Crippen molar-refractivity contribution in [3.8, 4) is 0 Å². The summed E-state index contributed by atoms with van der Waals surface area (Å²) in [6.45, 7) is 4.60. The third-order valence-electron chi connectivity index (χ3n) is 6.57. The molecule has 28 heavy (non-hydrogen) atoms. The molecule has 4 aliphatic heterocycles. The predicted octanol–water partition coefficient (Wildman–Crippen LogP) is 1.39. The summed E-state index contributed by atoms with van der Waals surface area (Å²) in [6, 6.07) is 9.83. The zero-order valence-corrected chi connectivity index (χ0v) is 16.3. The lowest BCUT2D eigenvalue weighted by atomic mass is 9.85. The molecule has 0 saturated carbocycles. The number of hydrogen-bond donors (Lipinski definition) is 1. The Hall–Kier alpha value is -2.21. The van der Waals surface area contributed by atoms with E-state index in [4.69, 9.17) is 10.5 Å². The lowest BCUT2D eigenvalue weighted by Gasteiger charge is -2.44. The molecule has 4 saturated heterocycles. The summed E-state index contributed by atoms with van der Waals surface area (Å²) in [5.41, 5.74) is 6.39. The standard InChI is InChI=1S/C22H29N3O3/c23-21(26)18-8-12-24(13-9-18)14-19(16-4-2-1-3-5-16)22(27)28-20-15-25-10-6-17(20)7-11-25/h1-5,14,17-20H,6-13,15H2,(H-,23,26)/p+1/t18?,19?,20-/m0/s1. The first-order chi connectivity index (χ1) is 13.6. The minimum absolute atomic E-state index is 0.00945. The van der Waals surface area contributed by atoms with Crippen molar-refractivity contribution in [3.63, 3.8) is 0 Å². The highest BCUT2D eigenvalue weighted by molar-refractivity contribution is 5.94. The molecule has 2 N–H and O–H groups in total. The SMILES string of the molecule is NC(=O)C1CC[N+](=CC(C(=O)O[C@H]2CN3CCC2CC3)c2ccccc2)CC1. The van der Waals surface area contributed by atoms with E-state index in [9.17, 15) is 9.59 Å². The number of primary amides is 1. The van der Waals surface area contributed by atoms with Gasteiger partial charge >= 0.3 is 5.97 Å². The minimum Gasteiger partial charge on any atom is -0.460 e. The Bertz CT molecular complexity index is 731. The van der Waals surface area contributed by atoms with Gasteiger partial charge in [-0.25, -0.2) is 4.58 Å². The largest absolute Gasteiger partial charge is 0.460 e. The van der Waals surface area contributed by atoms with E-state index in [1.807, 2.05) is 36.5 Å². The lowest BCUT2D eigenvalue weighted by Crippen LogP contribution is -2.52. The van der Waals surface area contributed by atoms with Crippen LogP contribution in [0.2, 0.25) is 0 Å². The molecule has 4 fully saturated rings. The molecule has 1 amide bonds. The molecule has 150 valence electrons. The van der Waals surface area contributed by atoms with Gasteiger partial charge in [0.2, 0.25) is 5.91 Å². The fourth-order valence-electron chi connectivity index (χ4n) is 4.75. The molecule has 0 aromatic heterocycles. The monoisotopic (exact) mass is 384 g/mol. The van der Waals surface area contributed by atoms with Gasteiger partial charge in [0.1, 0.15) is 19.2 Å². The van der Waals surface area contributed by atoms with Crippen LogP contribution in [0.5, 0.6) is 0 Å². The summed E-state index contributed by atoms with van der Waals surface area (Å²) >= 11 is 0. The highest BCUT2D eigenvalue weighted by Crippen LogP contribution is 2.31. The molecule has 1 aromatic carbocycles. The zero-order chi connectivity index (χ0) is 19.5. The normalized spacial score (nSPS) is 30.5. The van der Waals surface area contributed by atoms with Gasteiger partial charge in [0.25, 0.3) is 0 Å². The molecule has 1 unspecified atom stereocenters. The molecule has 5 rings (SSSR count). The Morgan fingerprint density at radius 2 is 1.79 bits per heavy atom. The molecule has 0 spiro atoms. The van der Waals surface area contributed by atoms with Crippen molar-refractivity contribution >= 4 is 18.1 Å². The first-order valence-electron chi connectivity index (χ1n) is 10.5. The number of fused-ring (bicyclic) bond motifs is 3. The van der Waals surface area contributed by atoms with E-state index < -0.39 is 5.92 Å². The number of rotatable bonds is 5. The highest BCUT2D eigenvalue weighted by atomic mass is 16.5. The maximum atomic E-state index is 13.2. The van der Waals surface area contributed by atoms with Crippen LogP contribution in [0.1, 0.15) is 37.2 Å². The summed E-state index contributed by atoms with van der Waals surface area (Å²) < 4.78 is 8.18. The van der Waals surface area contributed by atoms with Crippen molar-refractivity contribution in [3.05, 3.63) is 35.9 Å². The van der Waals surface area contributed by atoms with Crippen LogP contribution in [0.3, 0.4) is 0 Å². The van der Waals surface area contributed by atoms with Gasteiger partial charge in [0, 0.05) is 25.3 Å². The van der Waals surface area contributed by atoms with Gasteiger partial charge in [-0.3, -0.25) is 14.5 Å². The second-order valence-electron chi connectivity index (χ2n) is 8.36. The van der Waals surface area contributed by atoms with Gasteiger partial charge in [-0.15, -0.1) is 0 Å². The summed E-state index contributed by atoms with van der Waals surface area (Å²) in [4.78, 5) is 27.0. The van der Waals surface area contributed by atoms with Gasteiger partial charge < -0.3 is 10.5 Å². The van der Waals surface area contributed by atoms with Crippen LogP contribution in [0.4, 0.5) is 0 Å². The Kier molecular flexibility index (Phi) is 5.76. The number of piperidine rings is 4. The number of nitrogens with zero attached hydrogens (tertiary/aromatic N) is 2. The number of esters is 1. The van der Waals surface area contributed by atoms with Crippen LogP contribution in [0, 0.1) is 11.8 Å². The van der Waals surface area contributed by atoms with Gasteiger partial charge in [-0.05, 0) is 37.4 Å². The van der Waals surface area contributed by atoms with Crippen molar-refractivity contribution < 1.29 is 18.9 Å². The van der Waals surface area contributed by atoms with Crippen molar-refractivity contribution in [1.29, 1.82) is 0 Å². The average Bonchev–Trinajstić information content (AvgIpc) is 2.74. The number of nitrogens with two attached hydrogens (primary N) is 1. The van der Waals surface area contributed by atoms with Crippen molar-refractivity contribution in [2.24, 2.45) is 17.6 Å². The third kappa shape index (κ3) is 4.27. The maximum absolute atomic E-state index is 13.2. The van der Waals surface area contributed by atoms with Crippen LogP contribution >= 0.6 is 0 Å². The van der Waals surface area contributed by atoms with Gasteiger partial charge in [-0.2, -0.15) is 0 Å². The van der Waals surface area contributed by atoms with Crippen LogP contribution < -0.4 is 5.73 Å².